The minimum absolute atomic E-state index is 0.0460. The van der Waals surface area contributed by atoms with Gasteiger partial charge < -0.3 is 14.6 Å². The zero-order chi connectivity index (χ0) is 26.3. The summed E-state index contributed by atoms with van der Waals surface area (Å²) in [6, 6.07) is 20.6. The van der Waals surface area contributed by atoms with Gasteiger partial charge in [-0.25, -0.2) is 8.42 Å². The lowest BCUT2D eigenvalue weighted by atomic mass is 9.95. The number of benzene rings is 3. The molecule has 0 spiro atoms. The van der Waals surface area contributed by atoms with Crippen LogP contribution in [0.5, 0.6) is 11.5 Å². The van der Waals surface area contributed by atoms with Crippen LogP contribution in [0.2, 0.25) is 0 Å². The number of hydrogen-bond donors (Lipinski definition) is 1. The number of aryl methyl sites for hydroxylation is 2. The molecule has 0 amide bonds. The van der Waals surface area contributed by atoms with E-state index in [1.54, 1.807) is 0 Å². The molecular formula is C31H32O6S. The maximum atomic E-state index is 11.7. The van der Waals surface area contributed by atoms with E-state index in [0.29, 0.717) is 25.9 Å². The van der Waals surface area contributed by atoms with Crippen LogP contribution in [0.4, 0.5) is 0 Å². The van der Waals surface area contributed by atoms with Crippen LogP contribution in [-0.4, -0.2) is 37.1 Å². The summed E-state index contributed by atoms with van der Waals surface area (Å²) in [6.45, 7) is 0.453. The second-order valence-electron chi connectivity index (χ2n) is 10.8. The summed E-state index contributed by atoms with van der Waals surface area (Å²) in [5.41, 5.74) is 7.21. The Balaban J connectivity index is 1.14. The molecule has 1 aliphatic heterocycles. The standard InChI is InChI=1S/C31H32O6S/c32-31(33)30-18-29(30)22-6-8-24(9-7-22)36-19-20-4-5-21-2-1-3-23-17-26(10-11-27(23)28(21)16-20)37-25-12-14-38(34,35)15-13-25/h4-11,16-17,25,29-30H,1-3,12-15,18-19H2,(H,32,33). The van der Waals surface area contributed by atoms with Crippen molar-refractivity contribution in [2.24, 2.45) is 5.92 Å². The molecule has 2 aliphatic carbocycles. The molecule has 1 N–H and O–H groups in total. The van der Waals surface area contributed by atoms with Gasteiger partial charge in [-0.2, -0.15) is 0 Å². The molecule has 2 fully saturated rings. The predicted octanol–water partition coefficient (Wildman–Crippen LogP) is 5.57. The first kappa shape index (κ1) is 25.0. The molecule has 3 aromatic rings. The highest BCUT2D eigenvalue weighted by molar-refractivity contribution is 7.91. The van der Waals surface area contributed by atoms with Crippen LogP contribution >= 0.6 is 0 Å². The minimum Gasteiger partial charge on any atom is -0.490 e. The molecule has 1 heterocycles. The van der Waals surface area contributed by atoms with Crippen LogP contribution < -0.4 is 9.47 Å². The third-order valence-corrected chi connectivity index (χ3v) is 9.77. The lowest BCUT2D eigenvalue weighted by molar-refractivity contribution is -0.138. The van der Waals surface area contributed by atoms with Crippen molar-refractivity contribution < 1.29 is 27.8 Å². The lowest BCUT2D eigenvalue weighted by Gasteiger charge is -2.24. The number of aliphatic carboxylic acids is 1. The number of hydrogen-bond acceptors (Lipinski definition) is 5. The molecule has 198 valence electrons. The third kappa shape index (κ3) is 5.44. The predicted molar refractivity (Wildman–Crippen MR) is 145 cm³/mol. The van der Waals surface area contributed by atoms with Crippen molar-refractivity contribution in [1.82, 2.24) is 0 Å². The van der Waals surface area contributed by atoms with Crippen molar-refractivity contribution >= 4 is 15.8 Å². The second-order valence-corrected chi connectivity index (χ2v) is 13.1. The SMILES string of the molecule is O=C(O)C1CC1c1ccc(OCc2ccc3c(c2)-c2ccc(OC4CCS(=O)(=O)CC4)cc2CCC3)cc1. The van der Waals surface area contributed by atoms with Crippen molar-refractivity contribution in [2.45, 2.75) is 57.2 Å². The highest BCUT2D eigenvalue weighted by Gasteiger charge is 2.44. The maximum Gasteiger partial charge on any atom is 0.307 e. The van der Waals surface area contributed by atoms with E-state index in [9.17, 15) is 13.2 Å². The first-order valence-corrected chi connectivity index (χ1v) is 15.2. The van der Waals surface area contributed by atoms with Crippen molar-refractivity contribution in [3.63, 3.8) is 0 Å². The number of carbonyl (C=O) groups is 1. The third-order valence-electron chi connectivity index (χ3n) is 8.06. The highest BCUT2D eigenvalue weighted by atomic mass is 32.2. The van der Waals surface area contributed by atoms with Crippen LogP contribution in [0.15, 0.2) is 60.7 Å². The van der Waals surface area contributed by atoms with E-state index in [4.69, 9.17) is 14.6 Å². The number of rotatable bonds is 7. The van der Waals surface area contributed by atoms with Crippen LogP contribution in [-0.2, 0) is 34.1 Å². The monoisotopic (exact) mass is 532 g/mol. The molecule has 1 saturated heterocycles. The van der Waals surface area contributed by atoms with Gasteiger partial charge in [0.1, 0.15) is 24.2 Å². The topological polar surface area (TPSA) is 89.9 Å². The van der Waals surface area contributed by atoms with Crippen molar-refractivity contribution in [3.05, 3.63) is 82.9 Å². The lowest BCUT2D eigenvalue weighted by Crippen LogP contribution is -2.30. The van der Waals surface area contributed by atoms with Crippen molar-refractivity contribution in [1.29, 1.82) is 0 Å². The van der Waals surface area contributed by atoms with Crippen LogP contribution in [0, 0.1) is 5.92 Å². The fraction of sp³-hybridized carbons (Fsp3) is 0.387. The van der Waals surface area contributed by atoms with E-state index in [1.165, 1.54) is 22.3 Å². The van der Waals surface area contributed by atoms with E-state index >= 15 is 0 Å². The van der Waals surface area contributed by atoms with Gasteiger partial charge in [0.05, 0.1) is 17.4 Å². The molecule has 0 radical (unpaired) electrons. The molecule has 7 heteroatoms. The smallest absolute Gasteiger partial charge is 0.307 e. The van der Waals surface area contributed by atoms with Crippen molar-refractivity contribution in [2.75, 3.05) is 11.5 Å². The summed E-state index contributed by atoms with van der Waals surface area (Å²) in [6.07, 6.45) is 4.83. The van der Waals surface area contributed by atoms with Gasteiger partial charge in [0, 0.05) is 0 Å². The van der Waals surface area contributed by atoms with Crippen LogP contribution in [0.3, 0.4) is 0 Å². The van der Waals surface area contributed by atoms with Gasteiger partial charge in [-0.05, 0) is 108 Å². The van der Waals surface area contributed by atoms with Gasteiger partial charge in [0.2, 0.25) is 0 Å². The van der Waals surface area contributed by atoms with E-state index in [1.807, 2.05) is 30.3 Å². The van der Waals surface area contributed by atoms with Gasteiger partial charge in [-0.1, -0.05) is 30.3 Å². The molecule has 2 atom stereocenters. The number of sulfone groups is 1. The van der Waals surface area contributed by atoms with Gasteiger partial charge >= 0.3 is 5.97 Å². The molecule has 0 bridgehead atoms. The average Bonchev–Trinajstić information content (AvgIpc) is 3.73. The fourth-order valence-electron chi connectivity index (χ4n) is 5.76. The first-order valence-electron chi connectivity index (χ1n) is 13.4. The Hall–Kier alpha value is -3.32. The number of ether oxygens (including phenoxy) is 2. The Morgan fingerprint density at radius 2 is 1.61 bits per heavy atom. The fourth-order valence-corrected chi connectivity index (χ4v) is 7.21. The summed E-state index contributed by atoms with van der Waals surface area (Å²) >= 11 is 0. The summed E-state index contributed by atoms with van der Waals surface area (Å²) < 4.78 is 35.7. The van der Waals surface area contributed by atoms with Gasteiger partial charge in [-0.15, -0.1) is 0 Å². The molecule has 2 unspecified atom stereocenters. The van der Waals surface area contributed by atoms with Gasteiger partial charge in [0.25, 0.3) is 0 Å². The molecule has 3 aromatic carbocycles. The summed E-state index contributed by atoms with van der Waals surface area (Å²) in [5.74, 6) is 1.15. The number of carboxylic acid groups (broad SMARTS) is 1. The van der Waals surface area contributed by atoms with Crippen LogP contribution in [0.1, 0.15) is 53.9 Å². The molecule has 38 heavy (non-hydrogen) atoms. The minimum atomic E-state index is -2.90. The Labute approximate surface area is 223 Å². The summed E-state index contributed by atoms with van der Waals surface area (Å²) in [5, 5.41) is 9.16. The van der Waals surface area contributed by atoms with Gasteiger partial charge in [-0.3, -0.25) is 4.79 Å². The zero-order valence-electron chi connectivity index (χ0n) is 21.3. The Kier molecular flexibility index (Phi) is 6.64. The zero-order valence-corrected chi connectivity index (χ0v) is 22.1. The second kappa shape index (κ2) is 10.1. The van der Waals surface area contributed by atoms with E-state index in [2.05, 4.69) is 30.3 Å². The summed E-state index contributed by atoms with van der Waals surface area (Å²) in [7, 11) is -2.90. The first-order chi connectivity index (χ1) is 18.3. The summed E-state index contributed by atoms with van der Waals surface area (Å²) in [4.78, 5) is 11.1. The van der Waals surface area contributed by atoms with Crippen LogP contribution in [0.25, 0.3) is 11.1 Å². The molecule has 6 nitrogen and oxygen atoms in total. The number of carboxylic acids is 1. The maximum absolute atomic E-state index is 11.7. The largest absolute Gasteiger partial charge is 0.490 e. The molecule has 6 rings (SSSR count). The van der Waals surface area contributed by atoms with Crippen molar-refractivity contribution in [3.8, 4) is 22.6 Å². The Morgan fingerprint density at radius 1 is 0.868 bits per heavy atom. The average molecular weight is 533 g/mol. The number of fused-ring (bicyclic) bond motifs is 3. The molecule has 3 aliphatic rings. The molecular weight excluding hydrogens is 500 g/mol. The highest BCUT2D eigenvalue weighted by Crippen LogP contribution is 2.47. The normalized spacial score (nSPS) is 22.0. The molecule has 1 saturated carbocycles. The Morgan fingerprint density at radius 3 is 2.34 bits per heavy atom. The molecule has 0 aromatic heterocycles. The van der Waals surface area contributed by atoms with E-state index in [0.717, 1.165) is 41.9 Å². The van der Waals surface area contributed by atoms with E-state index in [-0.39, 0.29) is 29.4 Å². The Bertz CT molecular complexity index is 1450. The van der Waals surface area contributed by atoms with E-state index < -0.39 is 15.8 Å². The van der Waals surface area contributed by atoms with Gasteiger partial charge in [0.15, 0.2) is 9.84 Å². The quantitative estimate of drug-likeness (QED) is 0.428.